The van der Waals surface area contributed by atoms with Gasteiger partial charge < -0.3 is 14.3 Å². The van der Waals surface area contributed by atoms with Gasteiger partial charge in [0.2, 0.25) is 5.89 Å². The van der Waals surface area contributed by atoms with Gasteiger partial charge in [-0.2, -0.15) is 18.3 Å². The molecule has 0 amide bonds. The normalized spacial score (nSPS) is 17.4. The molecule has 31 heavy (non-hydrogen) atoms. The number of nitrogens with one attached hydrogen (secondary N) is 1. The van der Waals surface area contributed by atoms with Crippen molar-refractivity contribution in [1.29, 1.82) is 0 Å². The van der Waals surface area contributed by atoms with E-state index >= 15 is 0 Å². The van der Waals surface area contributed by atoms with Crippen molar-refractivity contribution in [2.45, 2.75) is 44.8 Å². The van der Waals surface area contributed by atoms with Crippen molar-refractivity contribution in [3.63, 3.8) is 0 Å². The van der Waals surface area contributed by atoms with Crippen LogP contribution in [0.1, 0.15) is 55.5 Å². The van der Waals surface area contributed by atoms with Gasteiger partial charge in [0.05, 0.1) is 23.2 Å². The molecule has 0 spiro atoms. The molecule has 1 unspecified atom stereocenters. The zero-order valence-corrected chi connectivity index (χ0v) is 17.1. The Morgan fingerprint density at radius 2 is 1.97 bits per heavy atom. The minimum atomic E-state index is -4.53. The number of fused-ring (bicyclic) bond motifs is 2. The quantitative estimate of drug-likeness (QED) is 0.518. The molecule has 5 rings (SSSR count). The molecule has 0 saturated carbocycles. The SMILES string of the molecule is CC(C)(C)c1nnc(N2CCc3[nH]cnc3C2c2cc3cccc(C(F)(F)F)n3n2)o1. The maximum Gasteiger partial charge on any atom is 0.433 e. The molecule has 0 bridgehead atoms. The van der Waals surface area contributed by atoms with E-state index in [1.807, 2.05) is 25.7 Å². The second kappa shape index (κ2) is 6.56. The predicted octanol–water partition coefficient (Wildman–Crippen LogP) is 3.91. The summed E-state index contributed by atoms with van der Waals surface area (Å²) in [7, 11) is 0. The zero-order valence-electron chi connectivity index (χ0n) is 17.1. The number of H-pyrrole nitrogens is 1. The molecule has 0 radical (unpaired) electrons. The molecule has 1 aliphatic heterocycles. The minimum absolute atomic E-state index is 0.289. The number of pyridine rings is 1. The Hall–Kier alpha value is -3.37. The third-order valence-corrected chi connectivity index (χ3v) is 5.30. The second-order valence-corrected chi connectivity index (χ2v) is 8.57. The highest BCUT2D eigenvalue weighted by Gasteiger charge is 2.38. The molecule has 0 fully saturated rings. The Morgan fingerprint density at radius 1 is 1.16 bits per heavy atom. The average molecular weight is 431 g/mol. The van der Waals surface area contributed by atoms with Crippen LogP contribution in [0.25, 0.3) is 5.52 Å². The van der Waals surface area contributed by atoms with Crippen molar-refractivity contribution < 1.29 is 17.6 Å². The summed E-state index contributed by atoms with van der Waals surface area (Å²) in [6.45, 7) is 6.41. The number of imidazole rings is 1. The number of aromatic nitrogens is 6. The van der Waals surface area contributed by atoms with E-state index in [-0.39, 0.29) is 11.4 Å². The molecule has 162 valence electrons. The van der Waals surface area contributed by atoms with Gasteiger partial charge in [-0.05, 0) is 18.2 Å². The first kappa shape index (κ1) is 19.6. The van der Waals surface area contributed by atoms with E-state index in [4.69, 9.17) is 4.42 Å². The highest BCUT2D eigenvalue weighted by Crippen LogP contribution is 2.38. The van der Waals surface area contributed by atoms with Gasteiger partial charge in [0.15, 0.2) is 0 Å². The van der Waals surface area contributed by atoms with Gasteiger partial charge in [-0.1, -0.05) is 31.9 Å². The lowest BCUT2D eigenvalue weighted by Gasteiger charge is -2.32. The van der Waals surface area contributed by atoms with Gasteiger partial charge in [-0.15, -0.1) is 5.10 Å². The fourth-order valence-electron chi connectivity index (χ4n) is 3.80. The largest absolute Gasteiger partial charge is 0.433 e. The number of aromatic amines is 1. The van der Waals surface area contributed by atoms with Crippen LogP contribution in [0.4, 0.5) is 19.2 Å². The Morgan fingerprint density at radius 3 is 2.68 bits per heavy atom. The van der Waals surface area contributed by atoms with Gasteiger partial charge in [0.1, 0.15) is 11.7 Å². The number of hydrogen-bond acceptors (Lipinski definition) is 6. The first-order valence-electron chi connectivity index (χ1n) is 9.81. The smallest absolute Gasteiger partial charge is 0.407 e. The summed E-state index contributed by atoms with van der Waals surface area (Å²) >= 11 is 0. The van der Waals surface area contributed by atoms with E-state index < -0.39 is 17.9 Å². The van der Waals surface area contributed by atoms with E-state index in [9.17, 15) is 13.2 Å². The van der Waals surface area contributed by atoms with Crippen LogP contribution in [0.2, 0.25) is 0 Å². The summed E-state index contributed by atoms with van der Waals surface area (Å²) < 4.78 is 47.3. The highest BCUT2D eigenvalue weighted by atomic mass is 19.4. The number of anilines is 1. The Bertz CT molecular complexity index is 1250. The molecule has 4 aromatic rings. The lowest BCUT2D eigenvalue weighted by atomic mass is 9.97. The van der Waals surface area contributed by atoms with Gasteiger partial charge in [0, 0.05) is 24.1 Å². The molecule has 4 aromatic heterocycles. The van der Waals surface area contributed by atoms with Crippen LogP contribution >= 0.6 is 0 Å². The first-order valence-corrected chi connectivity index (χ1v) is 9.81. The van der Waals surface area contributed by atoms with Crippen LogP contribution < -0.4 is 4.90 Å². The molecule has 1 atom stereocenters. The summed E-state index contributed by atoms with van der Waals surface area (Å²) in [5.74, 6) is 0.475. The van der Waals surface area contributed by atoms with E-state index in [2.05, 4.69) is 25.3 Å². The molecular formula is C20H20F3N7O. The monoisotopic (exact) mass is 431 g/mol. The molecule has 5 heterocycles. The third-order valence-electron chi connectivity index (χ3n) is 5.30. The summed E-state index contributed by atoms with van der Waals surface area (Å²) in [6, 6.07) is 5.33. The first-order chi connectivity index (χ1) is 14.6. The van der Waals surface area contributed by atoms with Crippen molar-refractivity contribution in [3.05, 3.63) is 59.3 Å². The maximum atomic E-state index is 13.5. The summed E-state index contributed by atoms with van der Waals surface area (Å²) in [5, 5.41) is 12.7. The number of alkyl halides is 3. The highest BCUT2D eigenvalue weighted by molar-refractivity contribution is 5.53. The summed E-state index contributed by atoms with van der Waals surface area (Å²) in [4.78, 5) is 9.39. The lowest BCUT2D eigenvalue weighted by Crippen LogP contribution is -2.37. The van der Waals surface area contributed by atoms with E-state index in [0.29, 0.717) is 35.8 Å². The van der Waals surface area contributed by atoms with Crippen molar-refractivity contribution in [1.82, 2.24) is 29.8 Å². The molecule has 1 N–H and O–H groups in total. The van der Waals surface area contributed by atoms with Crippen LogP contribution in [-0.2, 0) is 18.0 Å². The van der Waals surface area contributed by atoms with Crippen LogP contribution in [-0.4, -0.2) is 36.3 Å². The summed E-state index contributed by atoms with van der Waals surface area (Å²) in [6.07, 6.45) is -2.30. The van der Waals surface area contributed by atoms with Crippen LogP contribution in [0.5, 0.6) is 0 Å². The fraction of sp³-hybridized carbons (Fsp3) is 0.400. The molecule has 0 aliphatic carbocycles. The van der Waals surface area contributed by atoms with Gasteiger partial charge >= 0.3 is 12.2 Å². The van der Waals surface area contributed by atoms with E-state index in [1.54, 1.807) is 18.5 Å². The predicted molar refractivity (Wildman–Crippen MR) is 105 cm³/mol. The van der Waals surface area contributed by atoms with Gasteiger partial charge in [0.25, 0.3) is 0 Å². The number of rotatable bonds is 2. The topological polar surface area (TPSA) is 88.1 Å². The second-order valence-electron chi connectivity index (χ2n) is 8.57. The third kappa shape index (κ3) is 3.24. The molecular weight excluding hydrogens is 411 g/mol. The Balaban J connectivity index is 1.65. The van der Waals surface area contributed by atoms with E-state index in [0.717, 1.165) is 16.3 Å². The Labute approximate surface area is 175 Å². The van der Waals surface area contributed by atoms with Crippen LogP contribution in [0.15, 0.2) is 35.0 Å². The summed E-state index contributed by atoms with van der Waals surface area (Å²) in [5.41, 5.74) is 1.17. The number of hydrogen-bond donors (Lipinski definition) is 1. The van der Waals surface area contributed by atoms with E-state index in [1.165, 1.54) is 6.07 Å². The molecule has 8 nitrogen and oxygen atoms in total. The fourth-order valence-corrected chi connectivity index (χ4v) is 3.80. The van der Waals surface area contributed by atoms with Crippen molar-refractivity contribution in [2.24, 2.45) is 0 Å². The van der Waals surface area contributed by atoms with Crippen LogP contribution in [0, 0.1) is 0 Å². The van der Waals surface area contributed by atoms with Crippen molar-refractivity contribution in [3.8, 4) is 0 Å². The van der Waals surface area contributed by atoms with Crippen molar-refractivity contribution in [2.75, 3.05) is 11.4 Å². The Kier molecular flexibility index (Phi) is 4.15. The van der Waals surface area contributed by atoms with Gasteiger partial charge in [-0.25, -0.2) is 9.50 Å². The molecule has 1 aliphatic rings. The number of halogens is 3. The molecule has 0 saturated heterocycles. The lowest BCUT2D eigenvalue weighted by molar-refractivity contribution is -0.142. The average Bonchev–Trinajstić information content (AvgIpc) is 3.42. The zero-order chi connectivity index (χ0) is 22.0. The molecule has 11 heteroatoms. The standard InChI is InChI=1S/C20H20F3N7O/c1-19(2,3)17-26-27-18(31-17)29-8-7-12-15(25-10-24-12)16(29)13-9-11-5-4-6-14(20(21,22)23)30(11)28-13/h4-6,9-10,16H,7-8H2,1-3H3,(H,24,25). The van der Waals surface area contributed by atoms with Gasteiger partial charge in [-0.3, -0.25) is 0 Å². The maximum absolute atomic E-state index is 13.5. The molecule has 0 aromatic carbocycles. The van der Waals surface area contributed by atoms with Crippen LogP contribution in [0.3, 0.4) is 0 Å². The van der Waals surface area contributed by atoms with Crippen molar-refractivity contribution >= 4 is 11.5 Å². The minimum Gasteiger partial charge on any atom is -0.407 e. The number of nitrogens with zero attached hydrogens (tertiary/aromatic N) is 6.